The summed E-state index contributed by atoms with van der Waals surface area (Å²) >= 11 is 3.65. The smallest absolute Gasteiger partial charge is 0.220 e. The molecule has 0 radical (unpaired) electrons. The maximum absolute atomic E-state index is 12.3. The number of benzene rings is 1. The van der Waals surface area contributed by atoms with Gasteiger partial charge in [0.25, 0.3) is 0 Å². The molecular formula is C19H27BrN2O. The highest BCUT2D eigenvalue weighted by molar-refractivity contribution is 9.10. The van der Waals surface area contributed by atoms with Crippen molar-refractivity contribution in [2.45, 2.75) is 44.4 Å². The van der Waals surface area contributed by atoms with Gasteiger partial charge in [-0.3, -0.25) is 4.79 Å². The molecule has 3 nitrogen and oxygen atoms in total. The summed E-state index contributed by atoms with van der Waals surface area (Å²) < 4.78 is 1.16. The third-order valence-electron chi connectivity index (χ3n) is 5.62. The average molecular weight is 379 g/mol. The largest absolute Gasteiger partial charge is 0.355 e. The van der Waals surface area contributed by atoms with Crippen LogP contribution in [0.25, 0.3) is 0 Å². The van der Waals surface area contributed by atoms with E-state index in [0.717, 1.165) is 24.1 Å². The zero-order chi connectivity index (χ0) is 16.3. The highest BCUT2D eigenvalue weighted by Gasteiger charge is 2.45. The van der Waals surface area contributed by atoms with E-state index in [-0.39, 0.29) is 11.3 Å². The van der Waals surface area contributed by atoms with Crippen molar-refractivity contribution in [3.63, 3.8) is 0 Å². The molecule has 1 aromatic rings. The van der Waals surface area contributed by atoms with E-state index in [0.29, 0.717) is 18.3 Å². The summed E-state index contributed by atoms with van der Waals surface area (Å²) in [5.41, 5.74) is 1.50. The van der Waals surface area contributed by atoms with Crippen molar-refractivity contribution in [2.75, 3.05) is 19.6 Å². The summed E-state index contributed by atoms with van der Waals surface area (Å²) in [5, 5.41) is 6.60. The summed E-state index contributed by atoms with van der Waals surface area (Å²) in [5.74, 6) is 1.39. The molecule has 2 N–H and O–H groups in total. The minimum Gasteiger partial charge on any atom is -0.355 e. The van der Waals surface area contributed by atoms with Crippen LogP contribution in [0.3, 0.4) is 0 Å². The molecule has 0 spiro atoms. The first-order valence-corrected chi connectivity index (χ1v) is 9.62. The molecule has 1 aliphatic carbocycles. The minimum atomic E-state index is 0.160. The van der Waals surface area contributed by atoms with Gasteiger partial charge < -0.3 is 10.6 Å². The molecule has 2 aliphatic rings. The number of amides is 1. The highest BCUT2D eigenvalue weighted by atomic mass is 79.9. The molecule has 1 unspecified atom stereocenters. The van der Waals surface area contributed by atoms with Crippen LogP contribution in [0.1, 0.15) is 44.6 Å². The van der Waals surface area contributed by atoms with E-state index in [1.807, 2.05) is 6.07 Å². The van der Waals surface area contributed by atoms with Crippen LogP contribution >= 0.6 is 15.9 Å². The number of hydrogen-bond acceptors (Lipinski definition) is 2. The van der Waals surface area contributed by atoms with E-state index >= 15 is 0 Å². The first kappa shape index (κ1) is 17.0. The van der Waals surface area contributed by atoms with E-state index < -0.39 is 0 Å². The van der Waals surface area contributed by atoms with Crippen LogP contribution in [-0.2, 0) is 10.2 Å². The monoisotopic (exact) mass is 378 g/mol. The summed E-state index contributed by atoms with van der Waals surface area (Å²) in [6, 6.07) is 8.40. The van der Waals surface area contributed by atoms with Crippen LogP contribution in [0.5, 0.6) is 0 Å². The van der Waals surface area contributed by atoms with Crippen molar-refractivity contribution >= 4 is 21.8 Å². The fourth-order valence-corrected chi connectivity index (χ4v) is 4.50. The van der Waals surface area contributed by atoms with Gasteiger partial charge >= 0.3 is 0 Å². The number of carbonyl (C=O) groups is 1. The average Bonchev–Trinajstić information content (AvgIpc) is 3.35. The summed E-state index contributed by atoms with van der Waals surface area (Å²) in [6.45, 7) is 5.20. The topological polar surface area (TPSA) is 41.1 Å². The lowest BCUT2D eigenvalue weighted by Crippen LogP contribution is -2.36. The predicted octanol–water partition coefficient (Wildman–Crippen LogP) is 3.62. The molecule has 23 heavy (non-hydrogen) atoms. The highest BCUT2D eigenvalue weighted by Crippen LogP contribution is 2.49. The van der Waals surface area contributed by atoms with Crippen LogP contribution in [0.2, 0.25) is 0 Å². The van der Waals surface area contributed by atoms with Crippen molar-refractivity contribution in [1.82, 2.24) is 10.6 Å². The predicted molar refractivity (Wildman–Crippen MR) is 97.4 cm³/mol. The molecule has 1 saturated carbocycles. The van der Waals surface area contributed by atoms with Crippen molar-refractivity contribution in [3.05, 3.63) is 34.3 Å². The quantitative estimate of drug-likeness (QED) is 0.793. The van der Waals surface area contributed by atoms with Crippen LogP contribution in [0.15, 0.2) is 28.7 Å². The number of carbonyl (C=O) groups excluding carboxylic acids is 1. The van der Waals surface area contributed by atoms with Crippen LogP contribution < -0.4 is 10.6 Å². The number of nitrogens with one attached hydrogen (secondary N) is 2. The van der Waals surface area contributed by atoms with Gasteiger partial charge in [-0.15, -0.1) is 0 Å². The zero-order valence-electron chi connectivity index (χ0n) is 13.9. The molecule has 1 saturated heterocycles. The molecular weight excluding hydrogens is 352 g/mol. The third kappa shape index (κ3) is 4.16. The van der Waals surface area contributed by atoms with Gasteiger partial charge in [0.1, 0.15) is 0 Å². The van der Waals surface area contributed by atoms with Crippen LogP contribution in [-0.4, -0.2) is 25.5 Å². The van der Waals surface area contributed by atoms with Gasteiger partial charge in [0.05, 0.1) is 0 Å². The Hall–Kier alpha value is -0.870. The fraction of sp³-hybridized carbons (Fsp3) is 0.632. The van der Waals surface area contributed by atoms with E-state index in [1.165, 1.54) is 31.2 Å². The first-order valence-electron chi connectivity index (χ1n) is 8.83. The number of rotatable bonds is 6. The van der Waals surface area contributed by atoms with Gasteiger partial charge in [-0.1, -0.05) is 41.1 Å². The van der Waals surface area contributed by atoms with Crippen LogP contribution in [0, 0.1) is 11.8 Å². The van der Waals surface area contributed by atoms with Gasteiger partial charge in [-0.2, -0.15) is 0 Å². The lowest BCUT2D eigenvalue weighted by atomic mass is 9.84. The second kappa shape index (κ2) is 7.35. The van der Waals surface area contributed by atoms with Gasteiger partial charge in [-0.05, 0) is 62.2 Å². The van der Waals surface area contributed by atoms with E-state index in [1.54, 1.807) is 0 Å². The van der Waals surface area contributed by atoms with Gasteiger partial charge in [0.15, 0.2) is 0 Å². The number of halogens is 1. The zero-order valence-corrected chi connectivity index (χ0v) is 15.5. The molecule has 0 aromatic heterocycles. The van der Waals surface area contributed by atoms with Gasteiger partial charge in [0, 0.05) is 22.9 Å². The summed E-state index contributed by atoms with van der Waals surface area (Å²) in [7, 11) is 0. The Bertz CT molecular complexity index is 550. The summed E-state index contributed by atoms with van der Waals surface area (Å²) in [4.78, 5) is 12.3. The molecule has 4 heteroatoms. The molecule has 1 aliphatic heterocycles. The molecule has 126 valence electrons. The number of hydrogen-bond donors (Lipinski definition) is 2. The van der Waals surface area contributed by atoms with Crippen molar-refractivity contribution in [1.29, 1.82) is 0 Å². The Morgan fingerprint density at radius 3 is 2.70 bits per heavy atom. The van der Waals surface area contributed by atoms with Gasteiger partial charge in [0.2, 0.25) is 5.91 Å². The van der Waals surface area contributed by atoms with E-state index in [2.05, 4.69) is 51.7 Å². The minimum absolute atomic E-state index is 0.160. The lowest BCUT2D eigenvalue weighted by molar-refractivity contribution is -0.122. The molecule has 0 bridgehead atoms. The Labute approximate surface area is 147 Å². The molecule has 1 atom stereocenters. The Morgan fingerprint density at radius 1 is 1.35 bits per heavy atom. The second-order valence-electron chi connectivity index (χ2n) is 7.31. The Morgan fingerprint density at radius 2 is 2.04 bits per heavy atom. The lowest BCUT2D eigenvalue weighted by Gasteiger charge is -2.28. The molecule has 1 heterocycles. The van der Waals surface area contributed by atoms with E-state index in [9.17, 15) is 4.79 Å². The molecule has 2 fully saturated rings. The molecule has 3 rings (SSSR count). The molecule has 1 aromatic carbocycles. The normalized spacial score (nSPS) is 21.7. The van der Waals surface area contributed by atoms with Crippen LogP contribution in [0.4, 0.5) is 0 Å². The second-order valence-corrected chi connectivity index (χ2v) is 8.16. The fourth-order valence-electron chi connectivity index (χ4n) is 3.80. The van der Waals surface area contributed by atoms with E-state index in [4.69, 9.17) is 0 Å². The maximum Gasteiger partial charge on any atom is 0.220 e. The third-order valence-corrected chi connectivity index (χ3v) is 6.31. The standard InChI is InChI=1S/C19H27BrN2O/c1-14(15-6-10-21-11-7-15)12-18(23)22-13-19(8-9-19)16-4-2-3-5-17(16)20/h2-5,14-15,21H,6-13H2,1H3,(H,22,23). The summed E-state index contributed by atoms with van der Waals surface area (Å²) in [6.07, 6.45) is 5.40. The molecule has 1 amide bonds. The van der Waals surface area contributed by atoms with Crippen molar-refractivity contribution in [2.24, 2.45) is 11.8 Å². The van der Waals surface area contributed by atoms with Gasteiger partial charge in [-0.25, -0.2) is 0 Å². The Kier molecular flexibility index (Phi) is 5.42. The number of piperidine rings is 1. The SMILES string of the molecule is CC(CC(=O)NCC1(c2ccccc2Br)CC1)C1CCNCC1. The van der Waals surface area contributed by atoms with Crippen molar-refractivity contribution in [3.8, 4) is 0 Å². The Balaban J connectivity index is 1.50. The first-order chi connectivity index (χ1) is 11.1. The van der Waals surface area contributed by atoms with Crippen molar-refractivity contribution < 1.29 is 4.79 Å². The maximum atomic E-state index is 12.3.